The monoisotopic (exact) mass is 209 g/mol. The molecule has 1 unspecified atom stereocenters. The molecule has 1 fully saturated rings. The van der Waals surface area contributed by atoms with Gasteiger partial charge in [0.25, 0.3) is 0 Å². The lowest BCUT2D eigenvalue weighted by molar-refractivity contribution is -0.138. The van der Waals surface area contributed by atoms with Crippen molar-refractivity contribution in [2.24, 2.45) is 5.73 Å². The van der Waals surface area contributed by atoms with E-state index in [-0.39, 0.29) is 0 Å². The summed E-state index contributed by atoms with van der Waals surface area (Å²) in [4.78, 5) is 10.5. The lowest BCUT2D eigenvalue weighted by Crippen LogP contribution is -2.31. The minimum Gasteiger partial charge on any atom is -0.480 e. The van der Waals surface area contributed by atoms with Crippen LogP contribution >= 0.6 is 0 Å². The van der Waals surface area contributed by atoms with E-state index in [0.29, 0.717) is 18.9 Å². The molecule has 0 amide bonds. The highest BCUT2D eigenvalue weighted by molar-refractivity contribution is 5.72. The molecule has 0 saturated heterocycles. The second-order valence-electron chi connectivity index (χ2n) is 4.04. The summed E-state index contributed by atoms with van der Waals surface area (Å²) in [7, 11) is 0. The molecule has 1 aliphatic rings. The van der Waals surface area contributed by atoms with E-state index in [2.05, 4.69) is 5.10 Å². The molecule has 2 rings (SSSR count). The van der Waals surface area contributed by atoms with Crippen molar-refractivity contribution in [2.45, 2.75) is 37.8 Å². The van der Waals surface area contributed by atoms with E-state index in [0.717, 1.165) is 0 Å². The summed E-state index contributed by atoms with van der Waals surface area (Å²) in [6.45, 7) is 0.570. The molecule has 0 radical (unpaired) electrons. The molecule has 15 heavy (non-hydrogen) atoms. The van der Waals surface area contributed by atoms with Gasteiger partial charge in [-0.25, -0.2) is 0 Å². The summed E-state index contributed by atoms with van der Waals surface area (Å²) in [5.74, 6) is -0.267. The number of carboxylic acids is 1. The van der Waals surface area contributed by atoms with Crippen LogP contribution in [0.1, 0.15) is 30.7 Å². The molecule has 0 bridgehead atoms. The number of rotatable bonds is 5. The molecule has 0 spiro atoms. The van der Waals surface area contributed by atoms with Gasteiger partial charge in [-0.2, -0.15) is 5.10 Å². The Hall–Kier alpha value is -1.36. The summed E-state index contributed by atoms with van der Waals surface area (Å²) in [6, 6.07) is -0.793. The van der Waals surface area contributed by atoms with Gasteiger partial charge in [0.1, 0.15) is 6.04 Å². The Labute approximate surface area is 87.9 Å². The van der Waals surface area contributed by atoms with Crippen LogP contribution < -0.4 is 5.73 Å². The summed E-state index contributed by atoms with van der Waals surface area (Å²) in [5, 5.41) is 12.8. The highest BCUT2D eigenvalue weighted by atomic mass is 16.4. The number of carboxylic acid groups (broad SMARTS) is 1. The van der Waals surface area contributed by atoms with Crippen molar-refractivity contribution in [3.05, 3.63) is 18.0 Å². The summed E-state index contributed by atoms with van der Waals surface area (Å²) < 4.78 is 1.77. The number of aromatic nitrogens is 2. The van der Waals surface area contributed by atoms with Crippen LogP contribution in [0.25, 0.3) is 0 Å². The smallest absolute Gasteiger partial charge is 0.320 e. The molecular formula is C10H15N3O2. The Morgan fingerprint density at radius 2 is 2.47 bits per heavy atom. The van der Waals surface area contributed by atoms with Crippen molar-refractivity contribution in [1.29, 1.82) is 0 Å². The maximum Gasteiger partial charge on any atom is 0.320 e. The zero-order chi connectivity index (χ0) is 10.8. The third-order valence-electron chi connectivity index (χ3n) is 2.69. The van der Waals surface area contributed by atoms with Crippen molar-refractivity contribution in [1.82, 2.24) is 9.78 Å². The van der Waals surface area contributed by atoms with Crippen molar-refractivity contribution >= 4 is 5.97 Å². The van der Waals surface area contributed by atoms with Gasteiger partial charge >= 0.3 is 5.97 Å². The van der Waals surface area contributed by atoms with Gasteiger partial charge in [-0.3, -0.25) is 9.48 Å². The summed E-state index contributed by atoms with van der Waals surface area (Å²) in [5.41, 5.74) is 6.67. The average Bonchev–Trinajstić information content (AvgIpc) is 2.95. The van der Waals surface area contributed by atoms with Gasteiger partial charge in [0.05, 0.1) is 6.20 Å². The third-order valence-corrected chi connectivity index (χ3v) is 2.69. The van der Waals surface area contributed by atoms with E-state index in [1.807, 2.05) is 12.4 Å². The first kappa shape index (κ1) is 10.2. The first-order valence-electron chi connectivity index (χ1n) is 5.17. The van der Waals surface area contributed by atoms with Gasteiger partial charge in [0, 0.05) is 12.7 Å². The molecule has 3 N–H and O–H groups in total. The number of nitrogens with zero attached hydrogens (tertiary/aromatic N) is 2. The second kappa shape index (κ2) is 4.02. The highest BCUT2D eigenvalue weighted by Gasteiger charge is 2.24. The third kappa shape index (κ3) is 2.56. The highest BCUT2D eigenvalue weighted by Crippen LogP contribution is 2.39. The van der Waals surface area contributed by atoms with Crippen LogP contribution in [0.2, 0.25) is 0 Å². The molecule has 1 saturated carbocycles. The van der Waals surface area contributed by atoms with Crippen LogP contribution in [0.4, 0.5) is 0 Å². The first-order valence-corrected chi connectivity index (χ1v) is 5.17. The van der Waals surface area contributed by atoms with E-state index in [9.17, 15) is 4.79 Å². The van der Waals surface area contributed by atoms with Crippen LogP contribution in [0.5, 0.6) is 0 Å². The van der Waals surface area contributed by atoms with Gasteiger partial charge in [-0.05, 0) is 30.7 Å². The average molecular weight is 209 g/mol. The van der Waals surface area contributed by atoms with Crippen molar-refractivity contribution in [3.8, 4) is 0 Å². The number of carbonyl (C=O) groups is 1. The minimum atomic E-state index is -0.954. The van der Waals surface area contributed by atoms with Gasteiger partial charge in [0.2, 0.25) is 0 Å². The fraction of sp³-hybridized carbons (Fsp3) is 0.600. The Balaban J connectivity index is 1.85. The number of nitrogens with two attached hydrogens (primary N) is 1. The summed E-state index contributed by atoms with van der Waals surface area (Å²) in [6.07, 6.45) is 6.78. The molecule has 82 valence electrons. The Morgan fingerprint density at radius 3 is 3.07 bits per heavy atom. The second-order valence-corrected chi connectivity index (χ2v) is 4.04. The van der Waals surface area contributed by atoms with Gasteiger partial charge in [-0.1, -0.05) is 0 Å². The molecule has 1 aromatic rings. The molecule has 1 heterocycles. The SMILES string of the molecule is NC(CCn1cc(C2CC2)cn1)C(=O)O. The molecule has 1 aliphatic carbocycles. The minimum absolute atomic E-state index is 0.418. The molecule has 1 atom stereocenters. The van der Waals surface area contributed by atoms with Gasteiger partial charge in [0.15, 0.2) is 0 Å². The Morgan fingerprint density at radius 1 is 1.73 bits per heavy atom. The van der Waals surface area contributed by atoms with Crippen LogP contribution in [-0.4, -0.2) is 26.9 Å². The zero-order valence-electron chi connectivity index (χ0n) is 8.47. The standard InChI is InChI=1S/C10H15N3O2/c11-9(10(14)15)3-4-13-6-8(5-12-13)7-1-2-7/h5-7,9H,1-4,11H2,(H,14,15). The summed E-state index contributed by atoms with van der Waals surface area (Å²) >= 11 is 0. The fourth-order valence-corrected chi connectivity index (χ4v) is 1.52. The predicted octanol–water partition coefficient (Wildman–Crippen LogP) is 0.562. The van der Waals surface area contributed by atoms with E-state index >= 15 is 0 Å². The van der Waals surface area contributed by atoms with Gasteiger partial charge in [-0.15, -0.1) is 0 Å². The largest absolute Gasteiger partial charge is 0.480 e. The molecule has 5 nitrogen and oxygen atoms in total. The normalized spacial score (nSPS) is 17.7. The number of hydrogen-bond acceptors (Lipinski definition) is 3. The van der Waals surface area contributed by atoms with E-state index in [1.165, 1.54) is 18.4 Å². The Bertz CT molecular complexity index is 357. The topological polar surface area (TPSA) is 81.1 Å². The van der Waals surface area contributed by atoms with E-state index in [4.69, 9.17) is 10.8 Å². The maximum atomic E-state index is 10.5. The van der Waals surface area contributed by atoms with Crippen LogP contribution in [0.15, 0.2) is 12.4 Å². The quantitative estimate of drug-likeness (QED) is 0.742. The fourth-order valence-electron chi connectivity index (χ4n) is 1.52. The zero-order valence-corrected chi connectivity index (χ0v) is 8.47. The van der Waals surface area contributed by atoms with E-state index < -0.39 is 12.0 Å². The molecule has 5 heteroatoms. The number of hydrogen-bond donors (Lipinski definition) is 2. The maximum absolute atomic E-state index is 10.5. The first-order chi connectivity index (χ1) is 7.16. The lowest BCUT2D eigenvalue weighted by Gasteiger charge is -2.05. The molecule has 0 aliphatic heterocycles. The molecular weight excluding hydrogens is 194 g/mol. The molecule has 1 aromatic heterocycles. The Kier molecular flexibility index (Phi) is 2.73. The van der Waals surface area contributed by atoms with E-state index in [1.54, 1.807) is 4.68 Å². The van der Waals surface area contributed by atoms with Crippen molar-refractivity contribution in [3.63, 3.8) is 0 Å². The lowest BCUT2D eigenvalue weighted by atomic mass is 10.2. The van der Waals surface area contributed by atoms with Crippen LogP contribution in [-0.2, 0) is 11.3 Å². The van der Waals surface area contributed by atoms with Crippen molar-refractivity contribution < 1.29 is 9.90 Å². The van der Waals surface area contributed by atoms with Crippen LogP contribution in [0, 0.1) is 0 Å². The number of aliphatic carboxylic acids is 1. The predicted molar refractivity (Wildman–Crippen MR) is 54.4 cm³/mol. The molecule has 0 aromatic carbocycles. The van der Waals surface area contributed by atoms with Crippen LogP contribution in [0.3, 0.4) is 0 Å². The van der Waals surface area contributed by atoms with Gasteiger partial charge < -0.3 is 10.8 Å². The van der Waals surface area contributed by atoms with Crippen molar-refractivity contribution in [2.75, 3.05) is 0 Å². The number of aryl methyl sites for hydroxylation is 1.